The summed E-state index contributed by atoms with van der Waals surface area (Å²) in [6.07, 6.45) is 4.28. The van der Waals surface area contributed by atoms with Gasteiger partial charge >= 0.3 is 18.1 Å². The van der Waals surface area contributed by atoms with Gasteiger partial charge in [0.05, 0.1) is 34.6 Å². The highest BCUT2D eigenvalue weighted by Gasteiger charge is 2.37. The van der Waals surface area contributed by atoms with Crippen LogP contribution < -0.4 is 42.8 Å². The van der Waals surface area contributed by atoms with Crippen LogP contribution >= 0.6 is 0 Å². The lowest BCUT2D eigenvalue weighted by Gasteiger charge is -2.36. The number of primary amides is 1. The van der Waals surface area contributed by atoms with Crippen molar-refractivity contribution < 1.29 is 78.9 Å². The van der Waals surface area contributed by atoms with Crippen molar-refractivity contribution in [1.82, 2.24) is 30.5 Å². The van der Waals surface area contributed by atoms with Crippen molar-refractivity contribution in [1.29, 1.82) is 0 Å². The second-order valence-electron chi connectivity index (χ2n) is 23.8. The quantitative estimate of drug-likeness (QED) is 0.00758. The monoisotopic (exact) mass is 1310 g/mol. The Morgan fingerprint density at radius 1 is 0.837 bits per heavy atom. The summed E-state index contributed by atoms with van der Waals surface area (Å²) in [6.45, 7) is 10.8. The first-order valence-electron chi connectivity index (χ1n) is 30.3. The number of hydrogen-bond donors (Lipinski definition) is 8. The fourth-order valence-electron chi connectivity index (χ4n) is 9.97. The summed E-state index contributed by atoms with van der Waals surface area (Å²) < 4.78 is 100. The molecule has 0 bridgehead atoms. The molecule has 28 heteroatoms. The van der Waals surface area contributed by atoms with E-state index < -0.39 is 98.5 Å². The van der Waals surface area contributed by atoms with Gasteiger partial charge in [0.25, 0.3) is 0 Å². The summed E-state index contributed by atoms with van der Waals surface area (Å²) in [7, 11) is -3.82. The maximum absolute atomic E-state index is 14.1. The second kappa shape index (κ2) is 33.2. The number of urea groups is 1. The normalized spacial score (nSPS) is 13.9. The molecule has 92 heavy (non-hydrogen) atoms. The fourth-order valence-corrected chi connectivity index (χ4v) is 11.6. The van der Waals surface area contributed by atoms with Crippen LogP contribution in [0.4, 0.5) is 38.5 Å². The van der Waals surface area contributed by atoms with Gasteiger partial charge in [-0.25, -0.2) is 31.8 Å². The Kier molecular flexibility index (Phi) is 26.2. The molecule has 0 radical (unpaired) electrons. The first kappa shape index (κ1) is 72.6. The number of carbonyl (C=O) groups excluding carboxylic acids is 7. The molecule has 1 fully saturated rings. The number of halogens is 4. The van der Waals surface area contributed by atoms with Gasteiger partial charge < -0.3 is 62.3 Å². The lowest BCUT2D eigenvalue weighted by Crippen LogP contribution is -2.51. The molecule has 2 aliphatic rings. The molecule has 2 aliphatic heterocycles. The molecule has 10 N–H and O–H groups in total. The average molecular weight is 1310 g/mol. The van der Waals surface area contributed by atoms with E-state index in [-0.39, 0.29) is 107 Å². The Balaban J connectivity index is 0.995. The molecular formula is C64H82F4N10O13S. The van der Waals surface area contributed by atoms with Crippen molar-refractivity contribution in [2.24, 2.45) is 27.8 Å². The summed E-state index contributed by atoms with van der Waals surface area (Å²) in [6, 6.07) is 14.8. The number of aliphatic imine (C=N–C) groups is 1. The summed E-state index contributed by atoms with van der Waals surface area (Å²) in [5, 5.41) is 22.5. The number of anilines is 1. The molecule has 2 heterocycles. The van der Waals surface area contributed by atoms with Crippen molar-refractivity contribution in [3.05, 3.63) is 112 Å². The smallest absolute Gasteiger partial charge is 0.407 e. The van der Waals surface area contributed by atoms with Crippen LogP contribution in [-0.2, 0) is 56.5 Å². The Labute approximate surface area is 532 Å². The number of amidine groups is 1. The molecule has 1 unspecified atom stereocenters. The predicted octanol–water partition coefficient (Wildman–Crippen LogP) is 7.39. The van der Waals surface area contributed by atoms with E-state index >= 15 is 0 Å². The van der Waals surface area contributed by atoms with Crippen LogP contribution in [0.25, 0.3) is 17.2 Å². The number of nitrogens with one attached hydrogen (secondary N) is 5. The second-order valence-corrected chi connectivity index (χ2v) is 25.7. The number of fused-ring (bicyclic) bond motifs is 1. The van der Waals surface area contributed by atoms with E-state index in [1.54, 1.807) is 50.2 Å². The standard InChI is InChI=1S/C64H82F4N10O13S/c1-7-24-77(25-8-2)59(83)44-29-47-42(27-43(30-51(47)75-52(69)31-44)41-14-11-15-46(28-41)92(87,88)78-35-40(36-78)37-79)13-9-10-22-72-62(86)89-38-39-17-19-45(20-18-39)74-58(82)50(16-12-23-71-61(70)85)76-54(81)34-73-53(80)33-64(5,6)90-26-21-63(3,4)60(84)91-57-55(67)48(65)32-49(66)56(57)68/h11,14-15,17-20,27-30,32,40,50,79H,7-10,12-13,16,21-26,31,33-38H2,1-6H3,(H2,69,75)(H,72,86)(H,73,80)(H,74,82)(H,76,81)(H3,70,71,85). The van der Waals surface area contributed by atoms with Crippen molar-refractivity contribution in [2.45, 2.75) is 129 Å². The number of alkyl carbamates (subject to hydrolysis) is 1. The lowest BCUT2D eigenvalue weighted by atomic mass is 9.90. The molecule has 500 valence electrons. The molecule has 0 aliphatic carbocycles. The fraction of sp³-hybridized carbons (Fsp3) is 0.469. The maximum atomic E-state index is 14.1. The van der Waals surface area contributed by atoms with Gasteiger partial charge in [0.1, 0.15) is 18.5 Å². The van der Waals surface area contributed by atoms with Crippen LogP contribution in [0.5, 0.6) is 5.75 Å². The van der Waals surface area contributed by atoms with Gasteiger partial charge in [0.2, 0.25) is 51.0 Å². The Morgan fingerprint density at radius 2 is 1.51 bits per heavy atom. The molecule has 0 aromatic heterocycles. The van der Waals surface area contributed by atoms with Crippen molar-refractivity contribution >= 4 is 75.0 Å². The van der Waals surface area contributed by atoms with E-state index in [0.717, 1.165) is 18.4 Å². The summed E-state index contributed by atoms with van der Waals surface area (Å²) in [5.41, 5.74) is 13.8. The van der Waals surface area contributed by atoms with Gasteiger partial charge in [0, 0.05) is 87.7 Å². The minimum Gasteiger partial charge on any atom is -0.445 e. The van der Waals surface area contributed by atoms with Gasteiger partial charge in [0.15, 0.2) is 11.6 Å². The number of nitrogens with zero attached hydrogens (tertiary/aromatic N) is 3. The highest BCUT2D eigenvalue weighted by atomic mass is 32.2. The van der Waals surface area contributed by atoms with E-state index in [9.17, 15) is 64.6 Å². The van der Waals surface area contributed by atoms with Crippen molar-refractivity contribution in [3.8, 4) is 16.9 Å². The lowest BCUT2D eigenvalue weighted by molar-refractivity contribution is -0.147. The van der Waals surface area contributed by atoms with Gasteiger partial charge in [-0.15, -0.1) is 0 Å². The van der Waals surface area contributed by atoms with E-state index in [0.29, 0.717) is 71.6 Å². The zero-order valence-corrected chi connectivity index (χ0v) is 53.3. The molecule has 6 rings (SSSR count). The third kappa shape index (κ3) is 20.8. The number of sulfonamides is 1. The van der Waals surface area contributed by atoms with E-state index in [4.69, 9.17) is 30.7 Å². The number of rotatable bonds is 33. The van der Waals surface area contributed by atoms with Crippen LogP contribution in [-0.4, -0.2) is 141 Å². The number of aliphatic hydroxyl groups is 1. The molecule has 4 aromatic rings. The summed E-state index contributed by atoms with van der Waals surface area (Å²) in [4.78, 5) is 97.3. The Hall–Kier alpha value is -8.47. The minimum atomic E-state index is -3.82. The Morgan fingerprint density at radius 3 is 2.16 bits per heavy atom. The van der Waals surface area contributed by atoms with Crippen molar-refractivity contribution in [2.75, 3.05) is 64.3 Å². The maximum Gasteiger partial charge on any atom is 0.407 e. The first-order valence-corrected chi connectivity index (χ1v) is 31.8. The average Bonchev–Trinajstić information content (AvgIpc) is 1.14. The molecular weight excluding hydrogens is 1220 g/mol. The number of unbranched alkanes of at least 4 members (excludes halogenated alkanes) is 1. The Bertz CT molecular complexity index is 3480. The number of esters is 1. The van der Waals surface area contributed by atoms with Crippen LogP contribution in [0.2, 0.25) is 0 Å². The third-order valence-electron chi connectivity index (χ3n) is 15.2. The number of aliphatic hydroxyl groups excluding tert-OH is 1. The van der Waals surface area contributed by atoms with Crippen LogP contribution in [0.1, 0.15) is 116 Å². The zero-order chi connectivity index (χ0) is 67.5. The number of ether oxygens (including phenoxy) is 3. The van der Waals surface area contributed by atoms with E-state index in [1.165, 1.54) is 24.2 Å². The van der Waals surface area contributed by atoms with Gasteiger partial charge in [-0.05, 0) is 138 Å². The number of amides is 7. The van der Waals surface area contributed by atoms with Crippen LogP contribution in [0.15, 0.2) is 82.2 Å². The van der Waals surface area contributed by atoms with Gasteiger partial charge in [-0.1, -0.05) is 44.2 Å². The van der Waals surface area contributed by atoms with Gasteiger partial charge in [-0.2, -0.15) is 13.1 Å². The molecule has 4 aromatic carbocycles. The number of hydrogen-bond acceptors (Lipinski definition) is 15. The largest absolute Gasteiger partial charge is 0.445 e. The van der Waals surface area contributed by atoms with Crippen LogP contribution in [0, 0.1) is 34.6 Å². The molecule has 0 spiro atoms. The number of aryl methyl sites for hydroxylation is 1. The number of carbonyl (C=O) groups is 7. The highest BCUT2D eigenvalue weighted by molar-refractivity contribution is 7.89. The van der Waals surface area contributed by atoms with Gasteiger partial charge in [-0.3, -0.25) is 24.0 Å². The first-order chi connectivity index (χ1) is 43.5. The summed E-state index contributed by atoms with van der Waals surface area (Å²) >= 11 is 0. The van der Waals surface area contributed by atoms with Crippen molar-refractivity contribution in [3.63, 3.8) is 0 Å². The number of benzene rings is 4. The molecule has 23 nitrogen and oxygen atoms in total. The summed E-state index contributed by atoms with van der Waals surface area (Å²) in [5.74, 6) is -12.0. The van der Waals surface area contributed by atoms with E-state index in [1.807, 2.05) is 43.0 Å². The SMILES string of the molecule is CCCN(CCC)C(=O)C1=Cc2c(CCCCNC(=O)OCc3ccc(NC(=O)C(CCCNC(N)=O)NC(=O)CNC(=O)CC(C)(C)OCCC(C)(C)C(=O)Oc4c(F)c(F)cc(F)c4F)cc3)cc(-c3cccc(S(=O)(=O)N4CC(CO)C4)c3)cc2N=C(N)C1. The molecule has 7 amide bonds. The molecule has 1 atom stereocenters. The predicted molar refractivity (Wildman–Crippen MR) is 335 cm³/mol. The zero-order valence-electron chi connectivity index (χ0n) is 52.5. The molecule has 0 saturated carbocycles. The third-order valence-corrected chi connectivity index (χ3v) is 17.0. The minimum absolute atomic E-state index is 0.0242. The topological polar surface area (TPSA) is 333 Å². The highest BCUT2D eigenvalue weighted by Crippen LogP contribution is 2.38. The van der Waals surface area contributed by atoms with Crippen LogP contribution in [0.3, 0.4) is 0 Å². The molecule has 1 saturated heterocycles. The van der Waals surface area contributed by atoms with E-state index in [2.05, 4.69) is 26.6 Å². The number of nitrogens with two attached hydrogens (primary N) is 2.